The quantitative estimate of drug-likeness (QED) is 0.415. The molecular formula is C22H21N9. The molecule has 0 aromatic carbocycles. The van der Waals surface area contributed by atoms with E-state index in [1.165, 1.54) is 19.3 Å². The Morgan fingerprint density at radius 1 is 0.935 bits per heavy atom. The van der Waals surface area contributed by atoms with Crippen LogP contribution in [0.25, 0.3) is 44.8 Å². The Bertz CT molecular complexity index is 1390. The monoisotopic (exact) mass is 411 g/mol. The first kappa shape index (κ1) is 17.8. The van der Waals surface area contributed by atoms with E-state index >= 15 is 0 Å². The number of hydrogen-bond acceptors (Lipinski definition) is 7. The molecule has 1 fully saturated rings. The fourth-order valence-corrected chi connectivity index (χ4v) is 4.19. The molecule has 6 rings (SSSR count). The minimum absolute atomic E-state index is 0.599. The zero-order valence-corrected chi connectivity index (χ0v) is 16.8. The van der Waals surface area contributed by atoms with Crippen LogP contribution >= 0.6 is 0 Å². The first-order chi connectivity index (χ1) is 15.3. The molecule has 0 unspecified atom stereocenters. The van der Waals surface area contributed by atoms with Crippen molar-refractivity contribution in [3.05, 3.63) is 42.9 Å². The third-order valence-electron chi connectivity index (χ3n) is 5.72. The molecule has 6 heterocycles. The summed E-state index contributed by atoms with van der Waals surface area (Å²) in [5, 5.41) is 7.56. The van der Waals surface area contributed by atoms with E-state index in [1.54, 1.807) is 12.4 Å². The Balaban J connectivity index is 1.46. The van der Waals surface area contributed by atoms with Gasteiger partial charge in [0, 0.05) is 37.2 Å². The summed E-state index contributed by atoms with van der Waals surface area (Å²) in [5.74, 6) is 1.60. The molecule has 9 nitrogen and oxygen atoms in total. The number of nitrogens with zero attached hydrogens (tertiary/aromatic N) is 6. The van der Waals surface area contributed by atoms with E-state index in [9.17, 15) is 0 Å². The van der Waals surface area contributed by atoms with Crippen LogP contribution < -0.4 is 10.6 Å². The number of anilines is 2. The fourth-order valence-electron chi connectivity index (χ4n) is 4.19. The van der Waals surface area contributed by atoms with Crippen LogP contribution in [0.3, 0.4) is 0 Å². The SMILES string of the molecule is Nc1cncc(-c2ccc3[nH]nc(-c4nc5c(N6CCCCC6)nccc5[nH]4)c3n2)c1. The number of nitrogens with one attached hydrogen (secondary N) is 2. The highest BCUT2D eigenvalue weighted by Gasteiger charge is 2.20. The van der Waals surface area contributed by atoms with Crippen molar-refractivity contribution in [1.82, 2.24) is 35.1 Å². The van der Waals surface area contributed by atoms with Gasteiger partial charge in [-0.05, 0) is 43.5 Å². The summed E-state index contributed by atoms with van der Waals surface area (Å²) in [6, 6.07) is 7.70. The predicted octanol–water partition coefficient (Wildman–Crippen LogP) is 3.53. The summed E-state index contributed by atoms with van der Waals surface area (Å²) in [5.41, 5.74) is 12.2. The molecule has 9 heteroatoms. The lowest BCUT2D eigenvalue weighted by Gasteiger charge is -2.27. The van der Waals surface area contributed by atoms with Crippen LogP contribution in [-0.2, 0) is 0 Å². The van der Waals surface area contributed by atoms with E-state index in [2.05, 4.69) is 30.0 Å². The number of nitrogens with two attached hydrogens (primary N) is 1. The molecule has 0 radical (unpaired) electrons. The highest BCUT2D eigenvalue weighted by atomic mass is 15.2. The van der Waals surface area contributed by atoms with Crippen molar-refractivity contribution in [2.45, 2.75) is 19.3 Å². The first-order valence-electron chi connectivity index (χ1n) is 10.4. The van der Waals surface area contributed by atoms with Crippen LogP contribution in [0.2, 0.25) is 0 Å². The maximum atomic E-state index is 5.89. The van der Waals surface area contributed by atoms with Crippen LogP contribution in [0.4, 0.5) is 11.5 Å². The van der Waals surface area contributed by atoms with E-state index in [0.717, 1.165) is 52.2 Å². The molecule has 4 N–H and O–H groups in total. The number of rotatable bonds is 3. The number of piperidine rings is 1. The molecule has 5 aromatic heterocycles. The molecule has 0 saturated carbocycles. The average Bonchev–Trinajstić information content (AvgIpc) is 3.43. The first-order valence-corrected chi connectivity index (χ1v) is 10.4. The number of nitrogen functional groups attached to an aromatic ring is 1. The highest BCUT2D eigenvalue weighted by Crippen LogP contribution is 2.31. The van der Waals surface area contributed by atoms with E-state index in [4.69, 9.17) is 15.7 Å². The third kappa shape index (κ3) is 3.05. The van der Waals surface area contributed by atoms with Crippen molar-refractivity contribution < 1.29 is 0 Å². The van der Waals surface area contributed by atoms with Crippen LogP contribution in [0.15, 0.2) is 42.9 Å². The molecule has 1 aliphatic rings. The van der Waals surface area contributed by atoms with Crippen molar-refractivity contribution in [2.75, 3.05) is 23.7 Å². The summed E-state index contributed by atoms with van der Waals surface area (Å²) in [6.07, 6.45) is 8.85. The van der Waals surface area contributed by atoms with Crippen molar-refractivity contribution in [3.63, 3.8) is 0 Å². The van der Waals surface area contributed by atoms with Gasteiger partial charge in [-0.1, -0.05) is 0 Å². The van der Waals surface area contributed by atoms with Gasteiger partial charge in [-0.25, -0.2) is 15.0 Å². The molecular weight excluding hydrogens is 390 g/mol. The number of imidazole rings is 1. The van der Waals surface area contributed by atoms with E-state index in [0.29, 0.717) is 17.2 Å². The average molecular weight is 411 g/mol. The zero-order chi connectivity index (χ0) is 20.8. The van der Waals surface area contributed by atoms with Gasteiger partial charge in [0.05, 0.1) is 22.4 Å². The summed E-state index contributed by atoms with van der Waals surface area (Å²) in [7, 11) is 0. The molecule has 0 aliphatic carbocycles. The molecule has 31 heavy (non-hydrogen) atoms. The Kier molecular flexibility index (Phi) is 4.05. The predicted molar refractivity (Wildman–Crippen MR) is 120 cm³/mol. The zero-order valence-electron chi connectivity index (χ0n) is 16.8. The molecule has 154 valence electrons. The maximum absolute atomic E-state index is 5.89. The lowest BCUT2D eigenvalue weighted by Crippen LogP contribution is -2.30. The molecule has 5 aromatic rings. The normalized spacial score (nSPS) is 14.5. The van der Waals surface area contributed by atoms with Crippen molar-refractivity contribution in [2.24, 2.45) is 0 Å². The second-order valence-electron chi connectivity index (χ2n) is 7.84. The van der Waals surface area contributed by atoms with Gasteiger partial charge >= 0.3 is 0 Å². The van der Waals surface area contributed by atoms with E-state index in [-0.39, 0.29) is 0 Å². The van der Waals surface area contributed by atoms with Crippen molar-refractivity contribution in [1.29, 1.82) is 0 Å². The smallest absolute Gasteiger partial charge is 0.161 e. The Morgan fingerprint density at radius 2 is 1.84 bits per heavy atom. The Labute approximate surface area is 177 Å². The van der Waals surface area contributed by atoms with Gasteiger partial charge in [0.2, 0.25) is 0 Å². The standard InChI is InChI=1S/C22H21N9/c23-14-10-13(11-24-12-14)15-4-5-17-18(26-15)20(30-29-17)21-27-16-6-7-25-22(19(16)28-21)31-8-2-1-3-9-31/h4-7,10-12H,1-3,8-9,23H2,(H,27,28)(H,29,30). The molecule has 0 atom stereocenters. The highest BCUT2D eigenvalue weighted by molar-refractivity contribution is 5.94. The third-order valence-corrected chi connectivity index (χ3v) is 5.72. The number of hydrogen-bond donors (Lipinski definition) is 3. The number of aromatic nitrogens is 7. The molecule has 0 bridgehead atoms. The summed E-state index contributed by atoms with van der Waals surface area (Å²) >= 11 is 0. The number of fused-ring (bicyclic) bond motifs is 2. The van der Waals surface area contributed by atoms with Crippen molar-refractivity contribution in [3.8, 4) is 22.8 Å². The lowest BCUT2D eigenvalue weighted by molar-refractivity contribution is 0.574. The van der Waals surface area contributed by atoms with Gasteiger partial charge in [0.1, 0.15) is 11.0 Å². The topological polar surface area (TPSA) is 125 Å². The van der Waals surface area contributed by atoms with Crippen LogP contribution in [-0.4, -0.2) is 48.2 Å². The Hall–Kier alpha value is -4.01. The van der Waals surface area contributed by atoms with Gasteiger partial charge < -0.3 is 15.6 Å². The Morgan fingerprint density at radius 3 is 2.71 bits per heavy atom. The fraction of sp³-hybridized carbons (Fsp3) is 0.227. The second kappa shape index (κ2) is 7.05. The summed E-state index contributed by atoms with van der Waals surface area (Å²) in [4.78, 5) is 24.2. The van der Waals surface area contributed by atoms with E-state index in [1.807, 2.05) is 30.5 Å². The van der Waals surface area contributed by atoms with Crippen LogP contribution in [0.5, 0.6) is 0 Å². The minimum atomic E-state index is 0.599. The van der Waals surface area contributed by atoms with Crippen LogP contribution in [0, 0.1) is 0 Å². The van der Waals surface area contributed by atoms with Gasteiger partial charge in [0.15, 0.2) is 17.3 Å². The molecule has 0 amide bonds. The van der Waals surface area contributed by atoms with Crippen molar-refractivity contribution >= 4 is 33.6 Å². The number of pyridine rings is 3. The van der Waals surface area contributed by atoms with E-state index < -0.39 is 0 Å². The van der Waals surface area contributed by atoms with Gasteiger partial charge in [-0.3, -0.25) is 10.1 Å². The summed E-state index contributed by atoms with van der Waals surface area (Å²) in [6.45, 7) is 2.03. The number of H-pyrrole nitrogens is 2. The molecule has 1 saturated heterocycles. The van der Waals surface area contributed by atoms with Crippen LogP contribution in [0.1, 0.15) is 19.3 Å². The second-order valence-corrected chi connectivity index (χ2v) is 7.84. The van der Waals surface area contributed by atoms with Gasteiger partial charge in [0.25, 0.3) is 0 Å². The van der Waals surface area contributed by atoms with Gasteiger partial charge in [-0.2, -0.15) is 5.10 Å². The molecule has 0 spiro atoms. The minimum Gasteiger partial charge on any atom is -0.397 e. The number of aromatic amines is 2. The lowest BCUT2D eigenvalue weighted by atomic mass is 10.1. The summed E-state index contributed by atoms with van der Waals surface area (Å²) < 4.78 is 0. The maximum Gasteiger partial charge on any atom is 0.161 e. The largest absolute Gasteiger partial charge is 0.397 e. The van der Waals surface area contributed by atoms with Gasteiger partial charge in [-0.15, -0.1) is 0 Å². The molecule has 1 aliphatic heterocycles.